The topological polar surface area (TPSA) is 154 Å². The number of sulfonamides is 1. The van der Waals surface area contributed by atoms with Gasteiger partial charge in [-0.3, -0.25) is 4.99 Å². The molecule has 0 aliphatic heterocycles. The summed E-state index contributed by atoms with van der Waals surface area (Å²) in [5, 5.41) is 0. The van der Waals surface area contributed by atoms with E-state index in [0.717, 1.165) is 7.11 Å². The van der Waals surface area contributed by atoms with Crippen molar-refractivity contribution in [1.82, 2.24) is 4.72 Å². The van der Waals surface area contributed by atoms with E-state index in [4.69, 9.17) is 11.5 Å². The molecule has 0 fully saturated rings. The molecule has 0 saturated heterocycles. The van der Waals surface area contributed by atoms with Crippen molar-refractivity contribution in [2.24, 2.45) is 16.5 Å². The third-order valence-corrected chi connectivity index (χ3v) is 4.57. The van der Waals surface area contributed by atoms with Crippen LogP contribution < -0.4 is 16.2 Å². The average molecular weight is 356 g/mol. The van der Waals surface area contributed by atoms with Crippen LogP contribution in [0, 0.1) is 0 Å². The predicted molar refractivity (Wildman–Crippen MR) is 87.9 cm³/mol. The first-order valence-corrected chi connectivity index (χ1v) is 8.50. The molecule has 132 valence electrons. The highest BCUT2D eigenvalue weighted by molar-refractivity contribution is 7.89. The molecule has 10 heteroatoms. The molecular weight excluding hydrogens is 336 g/mol. The van der Waals surface area contributed by atoms with Crippen molar-refractivity contribution in [3.63, 3.8) is 0 Å². The Morgan fingerprint density at radius 3 is 2.62 bits per heavy atom. The second kappa shape index (κ2) is 8.99. The van der Waals surface area contributed by atoms with E-state index in [1.807, 2.05) is 0 Å². The lowest BCUT2D eigenvalue weighted by molar-refractivity contribution is -0.109. The SMILES string of the molecule is COC(=O)c1ccccc1S(=O)(=O)N[C@H](C=O)CCCN=C(N)N. The van der Waals surface area contributed by atoms with Crippen LogP contribution in [0.15, 0.2) is 34.2 Å². The maximum Gasteiger partial charge on any atom is 0.339 e. The number of rotatable bonds is 9. The van der Waals surface area contributed by atoms with Gasteiger partial charge < -0.3 is 21.0 Å². The number of esters is 1. The lowest BCUT2D eigenvalue weighted by atomic mass is 10.2. The third-order valence-electron chi connectivity index (χ3n) is 3.02. The number of methoxy groups -OCH3 is 1. The molecule has 0 spiro atoms. The maximum atomic E-state index is 12.4. The first-order valence-electron chi connectivity index (χ1n) is 7.02. The van der Waals surface area contributed by atoms with Crippen molar-refractivity contribution >= 4 is 28.2 Å². The van der Waals surface area contributed by atoms with Gasteiger partial charge in [0.2, 0.25) is 10.0 Å². The van der Waals surface area contributed by atoms with Gasteiger partial charge in [0.15, 0.2) is 5.96 Å². The number of ether oxygens (including phenoxy) is 1. The van der Waals surface area contributed by atoms with Crippen molar-refractivity contribution in [2.75, 3.05) is 13.7 Å². The van der Waals surface area contributed by atoms with Crippen LogP contribution in [0.25, 0.3) is 0 Å². The van der Waals surface area contributed by atoms with Gasteiger partial charge in [0.25, 0.3) is 0 Å². The Kier molecular flexibility index (Phi) is 7.33. The van der Waals surface area contributed by atoms with Crippen LogP contribution in [0.4, 0.5) is 0 Å². The van der Waals surface area contributed by atoms with Crippen molar-refractivity contribution < 1.29 is 22.7 Å². The molecule has 0 aliphatic carbocycles. The zero-order chi connectivity index (χ0) is 18.2. The Hall–Kier alpha value is -2.46. The fourth-order valence-electron chi connectivity index (χ4n) is 1.92. The summed E-state index contributed by atoms with van der Waals surface area (Å²) in [5.41, 5.74) is 10.2. The number of aldehydes is 1. The van der Waals surface area contributed by atoms with Gasteiger partial charge in [0, 0.05) is 6.54 Å². The molecule has 0 amide bonds. The quantitative estimate of drug-likeness (QED) is 0.175. The number of guanidine groups is 1. The Morgan fingerprint density at radius 1 is 1.38 bits per heavy atom. The van der Waals surface area contributed by atoms with E-state index in [1.165, 1.54) is 24.3 Å². The standard InChI is InChI=1S/C14H20N4O5S/c1-23-13(20)11-6-2-3-7-12(11)24(21,22)18-10(9-19)5-4-8-17-14(15)16/h2-3,6-7,9-10,18H,4-5,8H2,1H3,(H4,15,16,17)/t10-/m0/s1. The molecule has 1 aromatic carbocycles. The Labute approximate surface area is 140 Å². The number of aliphatic imine (C=N–C) groups is 1. The second-order valence-electron chi connectivity index (χ2n) is 4.80. The Balaban J connectivity index is 2.90. The molecule has 0 unspecified atom stereocenters. The smallest absolute Gasteiger partial charge is 0.339 e. The van der Waals surface area contributed by atoms with Crippen molar-refractivity contribution in [3.05, 3.63) is 29.8 Å². The molecule has 0 aliphatic rings. The number of nitrogens with one attached hydrogen (secondary N) is 1. The van der Waals surface area contributed by atoms with E-state index in [0.29, 0.717) is 12.7 Å². The van der Waals surface area contributed by atoms with Gasteiger partial charge in [0.05, 0.1) is 23.6 Å². The van der Waals surface area contributed by atoms with Crippen LogP contribution in [0.2, 0.25) is 0 Å². The molecule has 0 radical (unpaired) electrons. The number of hydrogen-bond acceptors (Lipinski definition) is 6. The molecule has 24 heavy (non-hydrogen) atoms. The van der Waals surface area contributed by atoms with Crippen LogP contribution in [0.5, 0.6) is 0 Å². The molecule has 0 heterocycles. The van der Waals surface area contributed by atoms with E-state index < -0.39 is 22.0 Å². The predicted octanol–water partition coefficient (Wildman–Crippen LogP) is -0.627. The minimum Gasteiger partial charge on any atom is -0.465 e. The fraction of sp³-hybridized carbons (Fsp3) is 0.357. The summed E-state index contributed by atoms with van der Waals surface area (Å²) in [6.45, 7) is 0.271. The Morgan fingerprint density at radius 2 is 2.04 bits per heavy atom. The van der Waals surface area contributed by atoms with Gasteiger partial charge in [-0.25, -0.2) is 17.9 Å². The summed E-state index contributed by atoms with van der Waals surface area (Å²) in [6.07, 6.45) is 1.09. The third kappa shape index (κ3) is 5.63. The zero-order valence-electron chi connectivity index (χ0n) is 13.1. The summed E-state index contributed by atoms with van der Waals surface area (Å²) < 4.78 is 31.7. The first kappa shape index (κ1) is 19.6. The van der Waals surface area contributed by atoms with E-state index in [-0.39, 0.29) is 29.4 Å². The van der Waals surface area contributed by atoms with Crippen LogP contribution >= 0.6 is 0 Å². The van der Waals surface area contributed by atoms with E-state index in [2.05, 4.69) is 14.5 Å². The number of nitrogens with zero attached hydrogens (tertiary/aromatic N) is 1. The summed E-state index contributed by atoms with van der Waals surface area (Å²) in [6, 6.07) is 4.60. The molecule has 0 bridgehead atoms. The molecule has 5 N–H and O–H groups in total. The summed E-state index contributed by atoms with van der Waals surface area (Å²) >= 11 is 0. The molecule has 1 aromatic rings. The number of hydrogen-bond donors (Lipinski definition) is 3. The summed E-state index contributed by atoms with van der Waals surface area (Å²) in [7, 11) is -2.93. The van der Waals surface area contributed by atoms with Crippen molar-refractivity contribution in [2.45, 2.75) is 23.8 Å². The first-order chi connectivity index (χ1) is 11.3. The van der Waals surface area contributed by atoms with Crippen molar-refractivity contribution in [1.29, 1.82) is 0 Å². The minimum absolute atomic E-state index is 0.0785. The van der Waals surface area contributed by atoms with Crippen LogP contribution in [-0.4, -0.2) is 46.3 Å². The monoisotopic (exact) mass is 356 g/mol. The number of carbonyl (C=O) groups excluding carboxylic acids is 2. The number of benzene rings is 1. The molecule has 0 aromatic heterocycles. The molecule has 9 nitrogen and oxygen atoms in total. The van der Waals surface area contributed by atoms with Crippen molar-refractivity contribution in [3.8, 4) is 0 Å². The van der Waals surface area contributed by atoms with Crippen LogP contribution in [0.1, 0.15) is 23.2 Å². The molecule has 0 saturated carbocycles. The summed E-state index contributed by atoms with van der Waals surface area (Å²) in [5.74, 6) is -0.864. The molecular formula is C14H20N4O5S. The largest absolute Gasteiger partial charge is 0.465 e. The van der Waals surface area contributed by atoms with Crippen LogP contribution in [-0.2, 0) is 19.6 Å². The van der Waals surface area contributed by atoms with Gasteiger partial charge in [-0.2, -0.15) is 0 Å². The maximum absolute atomic E-state index is 12.4. The van der Waals surface area contributed by atoms with E-state index in [1.54, 1.807) is 0 Å². The lowest BCUT2D eigenvalue weighted by Crippen LogP contribution is -2.36. The van der Waals surface area contributed by atoms with E-state index in [9.17, 15) is 18.0 Å². The highest BCUT2D eigenvalue weighted by Crippen LogP contribution is 2.17. The van der Waals surface area contributed by atoms with E-state index >= 15 is 0 Å². The van der Waals surface area contributed by atoms with Crippen LogP contribution in [0.3, 0.4) is 0 Å². The molecule has 1 atom stereocenters. The highest BCUT2D eigenvalue weighted by Gasteiger charge is 2.25. The zero-order valence-corrected chi connectivity index (χ0v) is 14.0. The molecule has 1 rings (SSSR count). The van der Waals surface area contributed by atoms with Gasteiger partial charge in [-0.05, 0) is 25.0 Å². The average Bonchev–Trinajstić information content (AvgIpc) is 2.56. The van der Waals surface area contributed by atoms with Gasteiger partial charge in [-0.1, -0.05) is 12.1 Å². The number of nitrogens with two attached hydrogens (primary N) is 2. The fourth-order valence-corrected chi connectivity index (χ4v) is 3.31. The normalized spacial score (nSPS) is 12.2. The lowest BCUT2D eigenvalue weighted by Gasteiger charge is -2.14. The minimum atomic E-state index is -4.08. The number of carbonyl (C=O) groups is 2. The summed E-state index contributed by atoms with van der Waals surface area (Å²) in [4.78, 5) is 26.3. The van der Waals surface area contributed by atoms with Gasteiger partial charge in [-0.15, -0.1) is 0 Å². The Bertz CT molecular complexity index is 714. The van der Waals surface area contributed by atoms with Gasteiger partial charge >= 0.3 is 5.97 Å². The highest BCUT2D eigenvalue weighted by atomic mass is 32.2. The second-order valence-corrected chi connectivity index (χ2v) is 6.48. The van der Waals surface area contributed by atoms with Gasteiger partial charge in [0.1, 0.15) is 6.29 Å².